The van der Waals surface area contributed by atoms with E-state index in [4.69, 9.17) is 0 Å². The Bertz CT molecular complexity index is 878. The Kier molecular flexibility index (Phi) is 4.11. The zero-order chi connectivity index (χ0) is 17.2. The zero-order valence-electron chi connectivity index (χ0n) is 14.2. The molecule has 0 spiro atoms. The van der Waals surface area contributed by atoms with Crippen LogP contribution in [0.15, 0.2) is 48.8 Å². The normalized spacial score (nSPS) is 15.5. The molecule has 1 saturated heterocycles. The van der Waals surface area contributed by atoms with E-state index in [0.717, 1.165) is 48.6 Å². The molecule has 0 unspecified atom stereocenters. The van der Waals surface area contributed by atoms with E-state index in [1.54, 1.807) is 0 Å². The van der Waals surface area contributed by atoms with Crippen LogP contribution in [0, 0.1) is 0 Å². The number of fused-ring (bicyclic) bond motifs is 1. The number of anilines is 2. The molecule has 0 saturated carbocycles. The van der Waals surface area contributed by atoms with Gasteiger partial charge < -0.3 is 15.1 Å². The number of hydrogen-bond donors (Lipinski definition) is 1. The molecule has 0 bridgehead atoms. The first kappa shape index (κ1) is 15.7. The van der Waals surface area contributed by atoms with Crippen LogP contribution in [-0.4, -0.2) is 54.1 Å². The van der Waals surface area contributed by atoms with Gasteiger partial charge in [-0.25, -0.2) is 4.98 Å². The van der Waals surface area contributed by atoms with E-state index in [1.165, 1.54) is 5.69 Å². The number of amides is 1. The maximum absolute atomic E-state index is 10.5. The quantitative estimate of drug-likeness (QED) is 0.744. The number of benzene rings is 2. The average Bonchev–Trinajstić information content (AvgIpc) is 3.06. The fourth-order valence-corrected chi connectivity index (χ4v) is 3.25. The molecule has 0 radical (unpaired) electrons. The Balaban J connectivity index is 1.67. The predicted molar refractivity (Wildman–Crippen MR) is 100 cm³/mol. The molecule has 6 nitrogen and oxygen atoms in total. The van der Waals surface area contributed by atoms with Crippen LogP contribution in [0.3, 0.4) is 0 Å². The number of nitrogens with zero attached hydrogens (tertiary/aromatic N) is 4. The summed E-state index contributed by atoms with van der Waals surface area (Å²) >= 11 is 0. The molecule has 1 amide bonds. The van der Waals surface area contributed by atoms with Crippen molar-refractivity contribution in [3.8, 4) is 5.69 Å². The van der Waals surface area contributed by atoms with Gasteiger partial charge in [-0.3, -0.25) is 9.36 Å². The zero-order valence-corrected chi connectivity index (χ0v) is 14.2. The molecule has 25 heavy (non-hydrogen) atoms. The lowest BCUT2D eigenvalue weighted by molar-refractivity contribution is -0.105. The summed E-state index contributed by atoms with van der Waals surface area (Å²) in [7, 11) is 2.17. The van der Waals surface area contributed by atoms with E-state index in [9.17, 15) is 4.79 Å². The van der Waals surface area contributed by atoms with Gasteiger partial charge >= 0.3 is 0 Å². The highest BCUT2D eigenvalue weighted by molar-refractivity contribution is 5.82. The lowest BCUT2D eigenvalue weighted by atomic mass is 10.2. The maximum atomic E-state index is 10.5. The van der Waals surface area contributed by atoms with Crippen molar-refractivity contribution in [1.29, 1.82) is 0 Å². The summed E-state index contributed by atoms with van der Waals surface area (Å²) in [6.45, 7) is 4.26. The number of nitrogens with one attached hydrogen (secondary N) is 1. The molecule has 1 aromatic heterocycles. The summed E-state index contributed by atoms with van der Waals surface area (Å²) in [5.74, 6) is 0. The second-order valence-corrected chi connectivity index (χ2v) is 6.39. The lowest BCUT2D eigenvalue weighted by Gasteiger charge is -2.34. The van der Waals surface area contributed by atoms with Gasteiger partial charge in [-0.2, -0.15) is 0 Å². The molecule has 1 aliphatic rings. The molecule has 6 heteroatoms. The van der Waals surface area contributed by atoms with E-state index < -0.39 is 0 Å². The molecule has 1 N–H and O–H groups in total. The first-order valence-corrected chi connectivity index (χ1v) is 8.46. The first-order chi connectivity index (χ1) is 12.2. The summed E-state index contributed by atoms with van der Waals surface area (Å²) in [4.78, 5) is 19.8. The summed E-state index contributed by atoms with van der Waals surface area (Å²) < 4.78 is 2.08. The van der Waals surface area contributed by atoms with Crippen molar-refractivity contribution in [3.63, 3.8) is 0 Å². The Morgan fingerprint density at radius 3 is 2.44 bits per heavy atom. The lowest BCUT2D eigenvalue weighted by Crippen LogP contribution is -2.44. The summed E-state index contributed by atoms with van der Waals surface area (Å²) in [6.07, 6.45) is 2.53. The highest BCUT2D eigenvalue weighted by Gasteiger charge is 2.15. The van der Waals surface area contributed by atoms with E-state index >= 15 is 0 Å². The summed E-state index contributed by atoms with van der Waals surface area (Å²) in [5, 5.41) is 2.66. The van der Waals surface area contributed by atoms with Crippen molar-refractivity contribution in [2.75, 3.05) is 43.4 Å². The summed E-state index contributed by atoms with van der Waals surface area (Å²) in [6, 6.07) is 14.2. The molecule has 0 atom stereocenters. The molecule has 3 aromatic rings. The Hall–Kier alpha value is -2.86. The van der Waals surface area contributed by atoms with E-state index in [0.29, 0.717) is 6.41 Å². The minimum Gasteiger partial charge on any atom is -0.369 e. The number of likely N-dealkylation sites (N-methyl/N-ethyl adjacent to an activating group) is 1. The van der Waals surface area contributed by atoms with Gasteiger partial charge in [0.05, 0.1) is 11.0 Å². The van der Waals surface area contributed by atoms with Gasteiger partial charge in [0, 0.05) is 43.2 Å². The third-order valence-corrected chi connectivity index (χ3v) is 4.77. The van der Waals surface area contributed by atoms with Gasteiger partial charge in [-0.15, -0.1) is 0 Å². The topological polar surface area (TPSA) is 53.4 Å². The van der Waals surface area contributed by atoms with E-state index in [-0.39, 0.29) is 0 Å². The molecular weight excluding hydrogens is 314 g/mol. The molecule has 1 fully saturated rings. The second kappa shape index (κ2) is 6.57. The van der Waals surface area contributed by atoms with Crippen LogP contribution in [0.25, 0.3) is 16.7 Å². The van der Waals surface area contributed by atoms with Gasteiger partial charge in [-0.05, 0) is 49.5 Å². The summed E-state index contributed by atoms with van der Waals surface area (Å²) in [5.41, 5.74) is 5.11. The van der Waals surface area contributed by atoms with Gasteiger partial charge in [0.15, 0.2) is 0 Å². The van der Waals surface area contributed by atoms with E-state index in [2.05, 4.69) is 49.9 Å². The van der Waals surface area contributed by atoms with Crippen molar-refractivity contribution >= 4 is 28.8 Å². The number of imidazole rings is 1. The molecular formula is C19H21N5O. The van der Waals surface area contributed by atoms with Gasteiger partial charge in [0.25, 0.3) is 0 Å². The number of aromatic nitrogens is 2. The molecule has 2 heterocycles. The third-order valence-electron chi connectivity index (χ3n) is 4.77. The largest absolute Gasteiger partial charge is 0.369 e. The van der Waals surface area contributed by atoms with Crippen LogP contribution in [0.4, 0.5) is 11.4 Å². The van der Waals surface area contributed by atoms with Crippen molar-refractivity contribution in [3.05, 3.63) is 48.8 Å². The smallest absolute Gasteiger partial charge is 0.211 e. The predicted octanol–water partition coefficient (Wildman–Crippen LogP) is 2.35. The highest BCUT2D eigenvalue weighted by atomic mass is 16.1. The fraction of sp³-hybridized carbons (Fsp3) is 0.263. The van der Waals surface area contributed by atoms with Crippen LogP contribution in [0.1, 0.15) is 0 Å². The van der Waals surface area contributed by atoms with Crippen molar-refractivity contribution in [2.45, 2.75) is 0 Å². The highest BCUT2D eigenvalue weighted by Crippen LogP contribution is 2.25. The Morgan fingerprint density at radius 1 is 1.00 bits per heavy atom. The number of hydrogen-bond acceptors (Lipinski definition) is 4. The molecule has 4 rings (SSSR count). The van der Waals surface area contributed by atoms with Gasteiger partial charge in [0.1, 0.15) is 6.33 Å². The second-order valence-electron chi connectivity index (χ2n) is 6.39. The van der Waals surface area contributed by atoms with Gasteiger partial charge in [0.2, 0.25) is 6.41 Å². The van der Waals surface area contributed by atoms with Crippen LogP contribution in [0.5, 0.6) is 0 Å². The third kappa shape index (κ3) is 3.08. The van der Waals surface area contributed by atoms with Gasteiger partial charge in [-0.1, -0.05) is 0 Å². The van der Waals surface area contributed by atoms with Crippen molar-refractivity contribution in [2.24, 2.45) is 0 Å². The Morgan fingerprint density at radius 2 is 1.72 bits per heavy atom. The number of carbonyl (C=O) groups is 1. The fourth-order valence-electron chi connectivity index (χ4n) is 3.25. The molecule has 128 valence electrons. The standard InChI is InChI=1S/C19H21N5O/c1-22-8-10-23(11-9-22)17-6-7-18-19(12-17)24(13-20-18)16-4-2-15(3-5-16)21-14-25/h2-7,12-14H,8-11H2,1H3,(H,21,25). The maximum Gasteiger partial charge on any atom is 0.211 e. The number of carbonyl (C=O) groups excluding carboxylic acids is 1. The molecule has 0 aliphatic carbocycles. The van der Waals surface area contributed by atoms with Crippen LogP contribution in [0.2, 0.25) is 0 Å². The van der Waals surface area contributed by atoms with Crippen LogP contribution in [-0.2, 0) is 4.79 Å². The average molecular weight is 335 g/mol. The monoisotopic (exact) mass is 335 g/mol. The SMILES string of the molecule is CN1CCN(c2ccc3ncn(-c4ccc(NC=O)cc4)c3c2)CC1. The van der Waals surface area contributed by atoms with E-state index in [1.807, 2.05) is 30.6 Å². The van der Waals surface area contributed by atoms with Crippen molar-refractivity contribution in [1.82, 2.24) is 14.5 Å². The minimum atomic E-state index is 0.684. The molecule has 1 aliphatic heterocycles. The number of rotatable bonds is 4. The Labute approximate surface area is 146 Å². The minimum absolute atomic E-state index is 0.684. The first-order valence-electron chi connectivity index (χ1n) is 8.46. The number of piperazine rings is 1. The van der Waals surface area contributed by atoms with Crippen LogP contribution >= 0.6 is 0 Å². The van der Waals surface area contributed by atoms with Crippen molar-refractivity contribution < 1.29 is 4.79 Å². The van der Waals surface area contributed by atoms with Crippen LogP contribution < -0.4 is 10.2 Å². The molecule has 2 aromatic carbocycles.